The highest BCUT2D eigenvalue weighted by Crippen LogP contribution is 2.16. The Kier molecular flexibility index (Phi) is 6.39. The summed E-state index contributed by atoms with van der Waals surface area (Å²) in [4.78, 5) is 12.4. The van der Waals surface area contributed by atoms with E-state index in [1.807, 2.05) is 49.9 Å². The highest BCUT2D eigenvalue weighted by molar-refractivity contribution is 7.89. The molecule has 0 bridgehead atoms. The standard InChI is InChI=1S/C18H25N3O3S/c1-4-21(5-2)25(23,24)17-10-8-16(9-11-17)14-19-18(22)15(3)20-12-6-7-13-20/h6-13,15H,4-5,14H2,1-3H3,(H,19,22). The molecule has 7 heteroatoms. The number of amides is 1. The second-order valence-electron chi connectivity index (χ2n) is 5.76. The largest absolute Gasteiger partial charge is 0.350 e. The number of rotatable bonds is 8. The van der Waals surface area contributed by atoms with Crippen LogP contribution in [0, 0.1) is 0 Å². The minimum Gasteiger partial charge on any atom is -0.350 e. The van der Waals surface area contributed by atoms with E-state index in [4.69, 9.17) is 0 Å². The molecule has 1 aromatic heterocycles. The van der Waals surface area contributed by atoms with Gasteiger partial charge >= 0.3 is 0 Å². The molecule has 0 aliphatic heterocycles. The predicted octanol–water partition coefficient (Wildman–Crippen LogP) is 2.40. The Hall–Kier alpha value is -2.12. The zero-order valence-corrected chi connectivity index (χ0v) is 15.7. The lowest BCUT2D eigenvalue weighted by Gasteiger charge is -2.18. The van der Waals surface area contributed by atoms with Gasteiger partial charge in [-0.15, -0.1) is 0 Å². The third kappa shape index (κ3) is 4.49. The summed E-state index contributed by atoms with van der Waals surface area (Å²) in [7, 11) is -3.45. The van der Waals surface area contributed by atoms with Gasteiger partial charge in [0.2, 0.25) is 15.9 Å². The predicted molar refractivity (Wildman–Crippen MR) is 97.5 cm³/mol. The van der Waals surface area contributed by atoms with E-state index in [2.05, 4.69) is 5.32 Å². The third-order valence-electron chi connectivity index (χ3n) is 4.19. The topological polar surface area (TPSA) is 71.4 Å². The fourth-order valence-electron chi connectivity index (χ4n) is 2.57. The number of nitrogens with one attached hydrogen (secondary N) is 1. The lowest BCUT2D eigenvalue weighted by atomic mass is 10.2. The number of carbonyl (C=O) groups excluding carboxylic acids is 1. The Balaban J connectivity index is 2.00. The van der Waals surface area contributed by atoms with Crippen LogP contribution >= 0.6 is 0 Å². The fraction of sp³-hybridized carbons (Fsp3) is 0.389. The molecular weight excluding hydrogens is 338 g/mol. The van der Waals surface area contributed by atoms with Crippen molar-refractivity contribution in [2.24, 2.45) is 0 Å². The molecule has 0 fully saturated rings. The van der Waals surface area contributed by atoms with Crippen LogP contribution < -0.4 is 5.32 Å². The maximum atomic E-state index is 12.4. The molecule has 0 saturated heterocycles. The number of hydrogen-bond donors (Lipinski definition) is 1. The highest BCUT2D eigenvalue weighted by Gasteiger charge is 2.21. The van der Waals surface area contributed by atoms with Gasteiger partial charge < -0.3 is 9.88 Å². The molecule has 0 spiro atoms. The Morgan fingerprint density at radius 2 is 1.68 bits per heavy atom. The molecule has 1 unspecified atom stereocenters. The van der Waals surface area contributed by atoms with Crippen LogP contribution in [0.1, 0.15) is 32.4 Å². The number of nitrogens with zero attached hydrogens (tertiary/aromatic N) is 2. The monoisotopic (exact) mass is 363 g/mol. The lowest BCUT2D eigenvalue weighted by Crippen LogP contribution is -2.31. The van der Waals surface area contributed by atoms with E-state index in [-0.39, 0.29) is 16.8 Å². The van der Waals surface area contributed by atoms with Gasteiger partial charge in [-0.05, 0) is 36.8 Å². The smallest absolute Gasteiger partial charge is 0.243 e. The molecule has 1 aromatic carbocycles. The van der Waals surface area contributed by atoms with Crippen molar-refractivity contribution in [3.63, 3.8) is 0 Å². The first-order chi connectivity index (χ1) is 11.9. The molecule has 136 valence electrons. The Morgan fingerprint density at radius 1 is 1.12 bits per heavy atom. The second kappa shape index (κ2) is 8.31. The normalized spacial score (nSPS) is 13.0. The van der Waals surface area contributed by atoms with Gasteiger partial charge in [-0.1, -0.05) is 26.0 Å². The van der Waals surface area contributed by atoms with E-state index in [1.54, 1.807) is 24.3 Å². The van der Waals surface area contributed by atoms with Crippen LogP contribution in [-0.2, 0) is 21.4 Å². The molecule has 1 N–H and O–H groups in total. The van der Waals surface area contributed by atoms with Crippen molar-refractivity contribution in [3.05, 3.63) is 54.4 Å². The Bertz CT molecular complexity index is 779. The highest BCUT2D eigenvalue weighted by atomic mass is 32.2. The number of benzene rings is 1. The average molecular weight is 363 g/mol. The van der Waals surface area contributed by atoms with Gasteiger partial charge in [0, 0.05) is 32.0 Å². The van der Waals surface area contributed by atoms with E-state index < -0.39 is 10.0 Å². The van der Waals surface area contributed by atoms with E-state index in [1.165, 1.54) is 4.31 Å². The molecule has 1 amide bonds. The van der Waals surface area contributed by atoms with Crippen LogP contribution in [0.2, 0.25) is 0 Å². The molecule has 0 saturated carbocycles. The maximum Gasteiger partial charge on any atom is 0.243 e. The van der Waals surface area contributed by atoms with Crippen LogP contribution in [0.3, 0.4) is 0 Å². The molecule has 0 aliphatic rings. The van der Waals surface area contributed by atoms with E-state index in [0.717, 1.165) is 5.56 Å². The molecule has 2 aromatic rings. The van der Waals surface area contributed by atoms with Crippen LogP contribution in [0.4, 0.5) is 0 Å². The summed E-state index contributed by atoms with van der Waals surface area (Å²) < 4.78 is 28.1. The molecular formula is C18H25N3O3S. The van der Waals surface area contributed by atoms with Crippen molar-refractivity contribution in [3.8, 4) is 0 Å². The molecule has 0 radical (unpaired) electrons. The summed E-state index contributed by atoms with van der Waals surface area (Å²) in [5.41, 5.74) is 0.853. The summed E-state index contributed by atoms with van der Waals surface area (Å²) in [5.74, 6) is -0.0870. The van der Waals surface area contributed by atoms with Crippen LogP contribution in [0.25, 0.3) is 0 Å². The molecule has 0 aliphatic carbocycles. The number of aromatic nitrogens is 1. The summed E-state index contributed by atoms with van der Waals surface area (Å²) in [6.07, 6.45) is 3.69. The van der Waals surface area contributed by atoms with Crippen molar-refractivity contribution < 1.29 is 13.2 Å². The molecule has 25 heavy (non-hydrogen) atoms. The van der Waals surface area contributed by atoms with Gasteiger partial charge in [-0.2, -0.15) is 4.31 Å². The minimum atomic E-state index is -3.45. The summed E-state index contributed by atoms with van der Waals surface area (Å²) in [5, 5.41) is 2.87. The molecule has 6 nitrogen and oxygen atoms in total. The van der Waals surface area contributed by atoms with Gasteiger partial charge in [0.15, 0.2) is 0 Å². The Morgan fingerprint density at radius 3 is 2.20 bits per heavy atom. The van der Waals surface area contributed by atoms with Crippen molar-refractivity contribution in [2.45, 2.75) is 38.3 Å². The van der Waals surface area contributed by atoms with Crippen LogP contribution in [-0.4, -0.2) is 36.3 Å². The zero-order valence-electron chi connectivity index (χ0n) is 14.8. The van der Waals surface area contributed by atoms with Gasteiger partial charge in [-0.25, -0.2) is 8.42 Å². The second-order valence-corrected chi connectivity index (χ2v) is 7.70. The zero-order chi connectivity index (χ0) is 18.4. The van der Waals surface area contributed by atoms with Crippen LogP contribution in [0.5, 0.6) is 0 Å². The Labute approximate surface area is 149 Å². The molecule has 1 atom stereocenters. The minimum absolute atomic E-state index is 0.0870. The van der Waals surface area contributed by atoms with E-state index >= 15 is 0 Å². The quantitative estimate of drug-likeness (QED) is 0.783. The molecule has 1 heterocycles. The van der Waals surface area contributed by atoms with Crippen LogP contribution in [0.15, 0.2) is 53.7 Å². The van der Waals surface area contributed by atoms with Gasteiger partial charge in [-0.3, -0.25) is 4.79 Å². The average Bonchev–Trinajstić information content (AvgIpc) is 3.14. The van der Waals surface area contributed by atoms with Crippen molar-refractivity contribution >= 4 is 15.9 Å². The number of sulfonamides is 1. The first kappa shape index (κ1) is 19.2. The lowest BCUT2D eigenvalue weighted by molar-refractivity contribution is -0.124. The number of hydrogen-bond acceptors (Lipinski definition) is 3. The number of carbonyl (C=O) groups is 1. The van der Waals surface area contributed by atoms with Crippen molar-refractivity contribution in [1.29, 1.82) is 0 Å². The van der Waals surface area contributed by atoms with Gasteiger partial charge in [0.05, 0.1) is 4.90 Å². The first-order valence-corrected chi connectivity index (χ1v) is 9.83. The van der Waals surface area contributed by atoms with Crippen molar-refractivity contribution in [2.75, 3.05) is 13.1 Å². The van der Waals surface area contributed by atoms with E-state index in [9.17, 15) is 13.2 Å². The summed E-state index contributed by atoms with van der Waals surface area (Å²) >= 11 is 0. The maximum absolute atomic E-state index is 12.4. The molecule has 2 rings (SSSR count). The van der Waals surface area contributed by atoms with Crippen molar-refractivity contribution in [1.82, 2.24) is 14.2 Å². The van der Waals surface area contributed by atoms with Gasteiger partial charge in [0.25, 0.3) is 0 Å². The van der Waals surface area contributed by atoms with Gasteiger partial charge in [0.1, 0.15) is 6.04 Å². The summed E-state index contributed by atoms with van der Waals surface area (Å²) in [6.45, 7) is 6.70. The third-order valence-corrected chi connectivity index (χ3v) is 6.25. The van der Waals surface area contributed by atoms with E-state index in [0.29, 0.717) is 19.6 Å². The first-order valence-electron chi connectivity index (χ1n) is 8.39. The SMILES string of the molecule is CCN(CC)S(=O)(=O)c1ccc(CNC(=O)C(C)n2cccc2)cc1. The fourth-order valence-corrected chi connectivity index (χ4v) is 4.03. The summed E-state index contributed by atoms with van der Waals surface area (Å²) in [6, 6.07) is 10.1.